The number of hydrogen-bond acceptors (Lipinski definition) is 3. The number of hydrogen-bond donors (Lipinski definition) is 1. The molecular formula is C52H62BrCl2LiO3. The first-order chi connectivity index (χ1) is 28.2. The second-order valence-electron chi connectivity index (χ2n) is 18.1. The fourth-order valence-electron chi connectivity index (χ4n) is 11.6. The maximum absolute atomic E-state index is 11.9. The van der Waals surface area contributed by atoms with Gasteiger partial charge in [-0.25, -0.2) is 0 Å². The summed E-state index contributed by atoms with van der Waals surface area (Å²) in [7, 11) is 0. The molecule has 13 rings (SSSR count). The molecule has 0 spiro atoms. The first-order valence-corrected chi connectivity index (χ1v) is 23.7. The van der Waals surface area contributed by atoms with Crippen LogP contribution in [0.15, 0.2) is 102 Å². The number of rotatable bonds is 4. The molecule has 1 saturated heterocycles. The van der Waals surface area contributed by atoms with E-state index in [2.05, 4.69) is 66.2 Å². The summed E-state index contributed by atoms with van der Waals surface area (Å²) in [6.45, 7) is 7.72. The van der Waals surface area contributed by atoms with E-state index in [4.69, 9.17) is 27.9 Å². The number of ketones is 1. The summed E-state index contributed by atoms with van der Waals surface area (Å²) in [5.74, 6) is 6.07. The van der Waals surface area contributed by atoms with Crippen LogP contribution < -0.4 is 18.9 Å². The average molecular weight is 893 g/mol. The quantitative estimate of drug-likeness (QED) is 0.164. The van der Waals surface area contributed by atoms with Gasteiger partial charge in [0.2, 0.25) is 0 Å². The predicted molar refractivity (Wildman–Crippen MR) is 245 cm³/mol. The minimum atomic E-state index is -0.660. The van der Waals surface area contributed by atoms with Gasteiger partial charge in [-0.15, -0.1) is 0 Å². The first kappa shape index (κ1) is 46.6. The first-order valence-electron chi connectivity index (χ1n) is 22.1. The Kier molecular flexibility index (Phi) is 17.4. The topological polar surface area (TPSA) is 46.5 Å². The molecule has 1 aliphatic heterocycles. The minimum Gasteiger partial charge on any atom is -0.385 e. The molecule has 8 bridgehead atoms. The van der Waals surface area contributed by atoms with Gasteiger partial charge >= 0.3 is 18.9 Å². The zero-order valence-corrected chi connectivity index (χ0v) is 38.4. The Morgan fingerprint density at radius 3 is 1.54 bits per heavy atom. The van der Waals surface area contributed by atoms with E-state index < -0.39 is 5.60 Å². The van der Waals surface area contributed by atoms with Crippen molar-refractivity contribution in [2.24, 2.45) is 47.3 Å². The van der Waals surface area contributed by atoms with Crippen molar-refractivity contribution in [3.8, 4) is 22.3 Å². The van der Waals surface area contributed by atoms with Crippen molar-refractivity contribution in [2.45, 2.75) is 102 Å². The molecule has 4 aromatic carbocycles. The van der Waals surface area contributed by atoms with Gasteiger partial charge in [-0.05, 0) is 171 Å². The molecule has 1 heterocycles. The van der Waals surface area contributed by atoms with E-state index in [1.807, 2.05) is 60.7 Å². The van der Waals surface area contributed by atoms with Crippen LogP contribution in [0.25, 0.3) is 22.3 Å². The van der Waals surface area contributed by atoms with Crippen molar-refractivity contribution in [3.05, 3.63) is 124 Å². The van der Waals surface area contributed by atoms with Crippen LogP contribution in [0.2, 0.25) is 10.0 Å². The smallest absolute Gasteiger partial charge is 0.385 e. The van der Waals surface area contributed by atoms with E-state index >= 15 is 0 Å². The van der Waals surface area contributed by atoms with E-state index in [9.17, 15) is 9.90 Å². The fraction of sp³-hybridized carbons (Fsp3) is 0.500. The molecule has 7 heteroatoms. The van der Waals surface area contributed by atoms with Crippen LogP contribution in [0, 0.1) is 54.3 Å². The van der Waals surface area contributed by atoms with Crippen molar-refractivity contribution in [3.63, 3.8) is 0 Å². The molecule has 9 aliphatic rings. The van der Waals surface area contributed by atoms with E-state index in [1.54, 1.807) is 0 Å². The summed E-state index contributed by atoms with van der Waals surface area (Å²) < 4.78 is 6.03. The van der Waals surface area contributed by atoms with Crippen molar-refractivity contribution in [2.75, 3.05) is 13.2 Å². The Morgan fingerprint density at radius 1 is 0.661 bits per heavy atom. The normalized spacial score (nSPS) is 30.0. The number of ether oxygens (including phenoxy) is 1. The molecule has 0 aromatic heterocycles. The van der Waals surface area contributed by atoms with Gasteiger partial charge in [0.25, 0.3) is 0 Å². The third kappa shape index (κ3) is 11.4. The van der Waals surface area contributed by atoms with Crippen LogP contribution in [0.5, 0.6) is 0 Å². The van der Waals surface area contributed by atoms with Gasteiger partial charge in [-0.2, -0.15) is 6.42 Å². The van der Waals surface area contributed by atoms with Gasteiger partial charge in [-0.1, -0.05) is 119 Å². The maximum Gasteiger partial charge on any atom is 1.00 e. The Morgan fingerprint density at radius 2 is 1.10 bits per heavy atom. The largest absolute Gasteiger partial charge is 1.00 e. The third-order valence-electron chi connectivity index (χ3n) is 14.0. The van der Waals surface area contributed by atoms with Crippen molar-refractivity contribution in [1.82, 2.24) is 0 Å². The Balaban J connectivity index is 0.000000142. The zero-order valence-electron chi connectivity index (χ0n) is 35.3. The third-order valence-corrected chi connectivity index (χ3v) is 15.2. The molecule has 0 atom stereocenters. The molecule has 8 saturated carbocycles. The molecule has 0 unspecified atom stereocenters. The van der Waals surface area contributed by atoms with Crippen molar-refractivity contribution < 1.29 is 33.5 Å². The van der Waals surface area contributed by atoms with Crippen LogP contribution in [0.1, 0.15) is 102 Å². The zero-order chi connectivity index (χ0) is 40.6. The second kappa shape index (κ2) is 22.0. The van der Waals surface area contributed by atoms with E-state index in [-0.39, 0.29) is 18.9 Å². The summed E-state index contributed by atoms with van der Waals surface area (Å²) in [6, 6.07) is 32.4. The van der Waals surface area contributed by atoms with E-state index in [0.29, 0.717) is 29.5 Å². The van der Waals surface area contributed by atoms with Gasteiger partial charge in [-0.3, -0.25) is 4.79 Å². The molecule has 310 valence electrons. The van der Waals surface area contributed by atoms with Crippen LogP contribution in [-0.4, -0.2) is 24.1 Å². The minimum absolute atomic E-state index is 0. The van der Waals surface area contributed by atoms with Crippen molar-refractivity contribution >= 4 is 44.9 Å². The maximum atomic E-state index is 11.9. The molecule has 8 aliphatic carbocycles. The van der Waals surface area contributed by atoms with Gasteiger partial charge in [0.15, 0.2) is 0 Å². The van der Waals surface area contributed by atoms with Gasteiger partial charge in [0, 0.05) is 39.6 Å². The van der Waals surface area contributed by atoms with Crippen LogP contribution in [0.3, 0.4) is 0 Å². The Hall–Kier alpha value is -1.87. The molecule has 59 heavy (non-hydrogen) atoms. The molecule has 9 fully saturated rings. The summed E-state index contributed by atoms with van der Waals surface area (Å²) in [5.41, 5.74) is 5.02. The molecule has 3 nitrogen and oxygen atoms in total. The predicted octanol–water partition coefficient (Wildman–Crippen LogP) is 11.9. The number of unbranched alkanes of at least 4 members (excludes halogenated alkanes) is 1. The van der Waals surface area contributed by atoms with Gasteiger partial charge in [0.05, 0.1) is 5.60 Å². The number of halogens is 3. The second-order valence-corrected chi connectivity index (χ2v) is 19.8. The van der Waals surface area contributed by atoms with Crippen molar-refractivity contribution in [1.29, 1.82) is 0 Å². The fourth-order valence-corrected chi connectivity index (χ4v) is 12.5. The van der Waals surface area contributed by atoms with E-state index in [1.165, 1.54) is 83.5 Å². The summed E-state index contributed by atoms with van der Waals surface area (Å²) in [4.78, 5) is 11.6. The Bertz CT molecular complexity index is 1890. The monoisotopic (exact) mass is 890 g/mol. The molecule has 0 amide bonds. The molecule has 0 radical (unpaired) electrons. The summed E-state index contributed by atoms with van der Waals surface area (Å²) in [5, 5.41) is 13.5. The summed E-state index contributed by atoms with van der Waals surface area (Å²) in [6.07, 6.45) is 17.5. The molecular weight excluding hydrogens is 830 g/mol. The van der Waals surface area contributed by atoms with Crippen LogP contribution in [-0.2, 0) is 15.1 Å². The Labute approximate surface area is 385 Å². The SMILES string of the molecule is C1CCOC1.Clc1cccc(-c2ccccc2Br)c1.O=C1C2CC3CC(C2)CC1C3.OC1(c2ccccc2-c2cccc(Cl)c2)C2CC3CC(C2)CC1C3.[CH2-]CCC.[Li+]. The standard InChI is InChI=1S/C22H23ClO.C12H8BrCl.C10H14O.C4H8O.C4H9.Li/c23-19-5-3-4-16(13-19)20-6-1-2-7-21(20)22(24)17-9-14-8-15(11-17)12-18(22)10-14;13-12-7-2-1-6-11(12)9-4-3-5-10(14)8-9;11-10-8-2-6-1-7(4-8)5-9(10)3-6;1-2-4-5-3-1;1-3-4-2;/h1-7,13-15,17-18,24H,8-12H2;1-8H;6-9H,1-5H2;1-4H2;1,3-4H2,2H3;/q;;;;-1;+1. The van der Waals surface area contributed by atoms with Gasteiger partial charge in [0.1, 0.15) is 5.78 Å². The summed E-state index contributed by atoms with van der Waals surface area (Å²) >= 11 is 15.7. The van der Waals surface area contributed by atoms with Gasteiger partial charge < -0.3 is 16.8 Å². The number of aliphatic hydroxyl groups is 1. The molecule has 4 aromatic rings. The molecule has 1 N–H and O–H groups in total. The number of carbonyl (C=O) groups is 1. The number of carbonyl (C=O) groups excluding carboxylic acids is 1. The van der Waals surface area contributed by atoms with Crippen LogP contribution >= 0.6 is 39.1 Å². The average Bonchev–Trinajstić information content (AvgIpc) is 3.83. The van der Waals surface area contributed by atoms with Crippen LogP contribution in [0.4, 0.5) is 0 Å². The van der Waals surface area contributed by atoms with E-state index in [0.717, 1.165) is 85.6 Å². The number of benzene rings is 4. The number of Topliss-reactive ketones (excluding diaryl/α,β-unsaturated/α-hetero) is 1.